The Hall–Kier alpha value is -4.01. The number of fused-ring (bicyclic) bond motifs is 2. The SMILES string of the molecule is C=Cn1cc(C2=C(c3nn(CC(O)CN(C)C)c4ccccc34)C(=O)NC2=O)c2ccccc21. The number of hydrogen-bond donors (Lipinski definition) is 2. The molecule has 0 bridgehead atoms. The molecule has 8 heteroatoms. The fraction of sp³-hybridized carbons (Fsp3) is 0.192. The largest absolute Gasteiger partial charge is 0.390 e. The van der Waals surface area contributed by atoms with Crippen LogP contribution in [0.1, 0.15) is 11.3 Å². The average molecular weight is 456 g/mol. The quantitative estimate of drug-likeness (QED) is 0.418. The number of nitrogens with one attached hydrogen (secondary N) is 1. The predicted octanol–water partition coefficient (Wildman–Crippen LogP) is 2.58. The Morgan fingerprint density at radius 2 is 1.68 bits per heavy atom. The second-order valence-corrected chi connectivity index (χ2v) is 8.65. The van der Waals surface area contributed by atoms with E-state index in [4.69, 9.17) is 5.10 Å². The van der Waals surface area contributed by atoms with Crippen LogP contribution in [0, 0.1) is 0 Å². The Kier molecular flexibility index (Phi) is 5.39. The van der Waals surface area contributed by atoms with E-state index in [0.29, 0.717) is 17.8 Å². The van der Waals surface area contributed by atoms with E-state index in [2.05, 4.69) is 11.9 Å². The lowest BCUT2D eigenvalue weighted by Crippen LogP contribution is -2.29. The molecule has 1 atom stereocenters. The molecule has 172 valence electrons. The Balaban J connectivity index is 1.74. The van der Waals surface area contributed by atoms with E-state index >= 15 is 0 Å². The number of hydrogen-bond acceptors (Lipinski definition) is 5. The van der Waals surface area contributed by atoms with Crippen LogP contribution in [0.3, 0.4) is 0 Å². The molecule has 8 nitrogen and oxygen atoms in total. The van der Waals surface area contributed by atoms with Crippen molar-refractivity contribution >= 4 is 51.0 Å². The molecule has 3 heterocycles. The molecule has 1 aliphatic heterocycles. The molecule has 1 aliphatic rings. The third-order valence-corrected chi connectivity index (χ3v) is 5.99. The van der Waals surface area contributed by atoms with Crippen LogP contribution < -0.4 is 5.32 Å². The first-order chi connectivity index (χ1) is 16.4. The summed E-state index contributed by atoms with van der Waals surface area (Å²) < 4.78 is 3.53. The molecule has 0 aliphatic carbocycles. The number of nitrogens with zero attached hydrogens (tertiary/aromatic N) is 4. The van der Waals surface area contributed by atoms with Crippen molar-refractivity contribution < 1.29 is 14.7 Å². The molecule has 0 saturated carbocycles. The molecule has 0 radical (unpaired) electrons. The van der Waals surface area contributed by atoms with Gasteiger partial charge in [0, 0.05) is 35.3 Å². The minimum atomic E-state index is -0.649. The second-order valence-electron chi connectivity index (χ2n) is 8.65. The molecule has 2 aromatic heterocycles. The molecule has 4 aromatic rings. The second kappa shape index (κ2) is 8.40. The summed E-state index contributed by atoms with van der Waals surface area (Å²) in [6.07, 6.45) is 2.83. The van der Waals surface area contributed by atoms with E-state index in [1.165, 1.54) is 0 Å². The number of aliphatic hydroxyl groups excluding tert-OH is 1. The first-order valence-electron chi connectivity index (χ1n) is 11.0. The molecule has 0 spiro atoms. The zero-order valence-electron chi connectivity index (χ0n) is 19.0. The molecule has 1 unspecified atom stereocenters. The average Bonchev–Trinajstić information content (AvgIpc) is 3.44. The summed E-state index contributed by atoms with van der Waals surface area (Å²) in [6.45, 7) is 4.59. The molecule has 2 N–H and O–H groups in total. The first kappa shape index (κ1) is 21.8. The Morgan fingerprint density at radius 1 is 1.03 bits per heavy atom. The number of aromatic nitrogens is 3. The lowest BCUT2D eigenvalue weighted by atomic mass is 9.97. The van der Waals surface area contributed by atoms with Crippen LogP contribution in [0.15, 0.2) is 61.3 Å². The maximum absolute atomic E-state index is 13.1. The van der Waals surface area contributed by atoms with Crippen molar-refractivity contribution in [3.05, 3.63) is 72.6 Å². The topological polar surface area (TPSA) is 92.4 Å². The van der Waals surface area contributed by atoms with Gasteiger partial charge < -0.3 is 14.6 Å². The van der Waals surface area contributed by atoms with Crippen molar-refractivity contribution in [1.82, 2.24) is 24.6 Å². The summed E-state index contributed by atoms with van der Waals surface area (Å²) in [7, 11) is 3.78. The van der Waals surface area contributed by atoms with Gasteiger partial charge in [0.25, 0.3) is 11.8 Å². The van der Waals surface area contributed by atoms with Gasteiger partial charge in [-0.15, -0.1) is 0 Å². The monoisotopic (exact) mass is 455 g/mol. The van der Waals surface area contributed by atoms with Gasteiger partial charge in [-0.1, -0.05) is 43.0 Å². The van der Waals surface area contributed by atoms with Crippen molar-refractivity contribution in [2.45, 2.75) is 12.6 Å². The highest BCUT2D eigenvalue weighted by atomic mass is 16.3. The molecule has 5 rings (SSSR count). The van der Waals surface area contributed by atoms with Crippen LogP contribution in [-0.2, 0) is 16.1 Å². The van der Waals surface area contributed by atoms with Crippen LogP contribution >= 0.6 is 0 Å². The number of imide groups is 1. The fourth-order valence-corrected chi connectivity index (χ4v) is 4.62. The van der Waals surface area contributed by atoms with Crippen molar-refractivity contribution in [1.29, 1.82) is 0 Å². The number of para-hydroxylation sites is 2. The van der Waals surface area contributed by atoms with Gasteiger partial charge in [-0.25, -0.2) is 0 Å². The van der Waals surface area contributed by atoms with Crippen LogP contribution in [0.5, 0.6) is 0 Å². The molecule has 34 heavy (non-hydrogen) atoms. The van der Waals surface area contributed by atoms with Gasteiger partial charge in [0.15, 0.2) is 0 Å². The number of carbonyl (C=O) groups is 2. The van der Waals surface area contributed by atoms with E-state index in [-0.39, 0.29) is 17.7 Å². The van der Waals surface area contributed by atoms with E-state index < -0.39 is 17.9 Å². The van der Waals surface area contributed by atoms with Crippen LogP contribution in [0.4, 0.5) is 0 Å². The summed E-state index contributed by atoms with van der Waals surface area (Å²) in [5.41, 5.74) is 3.23. The van der Waals surface area contributed by atoms with Gasteiger partial charge in [0.1, 0.15) is 5.69 Å². The van der Waals surface area contributed by atoms with Gasteiger partial charge in [0.2, 0.25) is 0 Å². The Bertz CT molecular complexity index is 1490. The number of aliphatic hydroxyl groups is 1. The molecular formula is C26H25N5O3. The molecule has 2 aromatic carbocycles. The van der Waals surface area contributed by atoms with Gasteiger partial charge in [-0.2, -0.15) is 5.10 Å². The standard InChI is InChI=1S/C26H25N5O3/c1-4-30-15-19(17-9-5-7-11-20(17)30)22-23(26(34)27-25(22)33)24-18-10-6-8-12-21(18)31(28-24)14-16(32)13-29(2)3/h4-12,15-16,32H,1,13-14H2,2-3H3,(H,27,33,34). The third kappa shape index (κ3) is 3.53. The Morgan fingerprint density at radius 3 is 2.38 bits per heavy atom. The van der Waals surface area contributed by atoms with Gasteiger partial charge in [-0.3, -0.25) is 19.6 Å². The van der Waals surface area contributed by atoms with E-state index in [9.17, 15) is 14.7 Å². The van der Waals surface area contributed by atoms with Gasteiger partial charge in [-0.05, 0) is 26.2 Å². The predicted molar refractivity (Wildman–Crippen MR) is 133 cm³/mol. The maximum atomic E-state index is 13.1. The highest BCUT2D eigenvalue weighted by molar-refractivity contribution is 6.50. The van der Waals surface area contributed by atoms with Crippen molar-refractivity contribution in [3.63, 3.8) is 0 Å². The summed E-state index contributed by atoms with van der Waals surface area (Å²) in [6, 6.07) is 15.2. The molecule has 2 amide bonds. The summed E-state index contributed by atoms with van der Waals surface area (Å²) in [4.78, 5) is 28.0. The summed E-state index contributed by atoms with van der Waals surface area (Å²) >= 11 is 0. The number of likely N-dealkylation sites (N-methyl/N-ethyl adjacent to an activating group) is 1. The number of carbonyl (C=O) groups excluding carboxylic acids is 2. The number of rotatable bonds is 7. The highest BCUT2D eigenvalue weighted by Gasteiger charge is 2.36. The minimum absolute atomic E-state index is 0.231. The Labute approximate surface area is 196 Å². The third-order valence-electron chi connectivity index (χ3n) is 5.99. The first-order valence-corrected chi connectivity index (χ1v) is 11.0. The van der Waals surface area contributed by atoms with Crippen molar-refractivity contribution in [3.8, 4) is 0 Å². The number of amides is 2. The van der Waals surface area contributed by atoms with Crippen molar-refractivity contribution in [2.24, 2.45) is 0 Å². The minimum Gasteiger partial charge on any atom is -0.390 e. The number of benzene rings is 2. The normalized spacial score (nSPS) is 15.1. The van der Waals surface area contributed by atoms with Crippen LogP contribution in [0.2, 0.25) is 0 Å². The lowest BCUT2D eigenvalue weighted by Gasteiger charge is -2.16. The molecule has 0 fully saturated rings. The smallest absolute Gasteiger partial charge is 0.261 e. The zero-order chi connectivity index (χ0) is 24.0. The molecule has 0 saturated heterocycles. The maximum Gasteiger partial charge on any atom is 0.261 e. The fourth-order valence-electron chi connectivity index (χ4n) is 4.62. The van der Waals surface area contributed by atoms with Gasteiger partial charge >= 0.3 is 0 Å². The van der Waals surface area contributed by atoms with E-state index in [0.717, 1.165) is 21.8 Å². The van der Waals surface area contributed by atoms with E-state index in [1.807, 2.05) is 78.3 Å². The van der Waals surface area contributed by atoms with Crippen LogP contribution in [0.25, 0.3) is 39.2 Å². The lowest BCUT2D eigenvalue weighted by molar-refractivity contribution is -0.122. The molecular weight excluding hydrogens is 430 g/mol. The van der Waals surface area contributed by atoms with Gasteiger partial charge in [0.05, 0.1) is 34.8 Å². The highest BCUT2D eigenvalue weighted by Crippen LogP contribution is 2.37. The van der Waals surface area contributed by atoms with Crippen LogP contribution in [-0.4, -0.2) is 62.9 Å². The summed E-state index contributed by atoms with van der Waals surface area (Å²) in [5.74, 6) is -0.946. The zero-order valence-corrected chi connectivity index (χ0v) is 19.0. The van der Waals surface area contributed by atoms with Crippen molar-refractivity contribution in [2.75, 3.05) is 20.6 Å². The van der Waals surface area contributed by atoms with E-state index in [1.54, 1.807) is 10.9 Å². The summed E-state index contributed by atoms with van der Waals surface area (Å²) in [5, 5.41) is 19.3.